The largest absolute Gasteiger partial charge is 0.311 e. The van der Waals surface area contributed by atoms with Gasteiger partial charge in [-0.25, -0.2) is 0 Å². The lowest BCUT2D eigenvalue weighted by atomic mass is 9.89. The van der Waals surface area contributed by atoms with Crippen molar-refractivity contribution in [2.24, 2.45) is 5.92 Å². The van der Waals surface area contributed by atoms with Gasteiger partial charge >= 0.3 is 0 Å². The van der Waals surface area contributed by atoms with Crippen molar-refractivity contribution in [2.45, 2.75) is 44.9 Å². The second-order valence-electron chi connectivity index (χ2n) is 8.32. The number of piperazine rings is 1. The Kier molecular flexibility index (Phi) is 5.91. The molecule has 0 bridgehead atoms. The molecular formula is C22H33N3O. The Morgan fingerprint density at radius 2 is 1.58 bits per heavy atom. The van der Waals surface area contributed by atoms with Crippen LogP contribution in [0.1, 0.15) is 44.1 Å². The van der Waals surface area contributed by atoms with E-state index in [-0.39, 0.29) is 0 Å². The first-order valence-electron chi connectivity index (χ1n) is 10.6. The third kappa shape index (κ3) is 4.29. The Morgan fingerprint density at radius 1 is 0.846 bits per heavy atom. The van der Waals surface area contributed by atoms with Crippen molar-refractivity contribution in [1.29, 1.82) is 0 Å². The number of rotatable bonds is 5. The van der Waals surface area contributed by atoms with Crippen LogP contribution in [-0.2, 0) is 11.2 Å². The van der Waals surface area contributed by atoms with E-state index in [1.54, 1.807) is 0 Å². The van der Waals surface area contributed by atoms with Gasteiger partial charge in [-0.3, -0.25) is 9.69 Å². The average molecular weight is 356 g/mol. The predicted molar refractivity (Wildman–Crippen MR) is 107 cm³/mol. The van der Waals surface area contributed by atoms with E-state index in [0.29, 0.717) is 12.3 Å². The number of fused-ring (bicyclic) bond motifs is 1. The molecule has 0 N–H and O–H groups in total. The van der Waals surface area contributed by atoms with E-state index < -0.39 is 0 Å². The average Bonchev–Trinajstić information content (AvgIpc) is 2.69. The smallest absolute Gasteiger partial charge is 0.227 e. The lowest BCUT2D eigenvalue weighted by molar-refractivity contribution is -0.119. The van der Waals surface area contributed by atoms with E-state index in [9.17, 15) is 4.79 Å². The van der Waals surface area contributed by atoms with Crippen LogP contribution in [0.5, 0.6) is 0 Å². The van der Waals surface area contributed by atoms with Crippen LogP contribution in [0.3, 0.4) is 0 Å². The molecule has 4 nitrogen and oxygen atoms in total. The molecule has 4 heteroatoms. The van der Waals surface area contributed by atoms with Gasteiger partial charge in [0.05, 0.1) is 0 Å². The Labute approximate surface area is 158 Å². The number of carbonyl (C=O) groups excluding carboxylic acids is 1. The molecular weight excluding hydrogens is 322 g/mol. The van der Waals surface area contributed by atoms with Gasteiger partial charge in [0.1, 0.15) is 0 Å². The lowest BCUT2D eigenvalue weighted by Crippen LogP contribution is -2.50. The summed E-state index contributed by atoms with van der Waals surface area (Å²) in [5.74, 6) is 1.23. The Bertz CT molecular complexity index is 603. The number of benzene rings is 1. The van der Waals surface area contributed by atoms with Crippen LogP contribution >= 0.6 is 0 Å². The first-order valence-corrected chi connectivity index (χ1v) is 10.6. The minimum atomic E-state index is 0.291. The van der Waals surface area contributed by atoms with E-state index in [1.165, 1.54) is 57.3 Å². The number of nitrogens with zero attached hydrogens (tertiary/aromatic N) is 3. The molecule has 0 atom stereocenters. The van der Waals surface area contributed by atoms with Crippen LogP contribution < -0.4 is 4.90 Å². The Hall–Kier alpha value is -1.39. The van der Waals surface area contributed by atoms with Gasteiger partial charge in [0.15, 0.2) is 0 Å². The summed E-state index contributed by atoms with van der Waals surface area (Å²) in [5, 5.41) is 0. The summed E-state index contributed by atoms with van der Waals surface area (Å²) in [6.45, 7) is 7.83. The van der Waals surface area contributed by atoms with Gasteiger partial charge in [0.25, 0.3) is 0 Å². The number of carbonyl (C=O) groups is 1. The minimum Gasteiger partial charge on any atom is -0.311 e. The normalized spacial score (nSPS) is 23.2. The second kappa shape index (κ2) is 8.53. The molecule has 3 aliphatic rings. The third-order valence-electron chi connectivity index (χ3n) is 6.54. The molecule has 4 rings (SSSR count). The molecule has 2 heterocycles. The van der Waals surface area contributed by atoms with Crippen LogP contribution in [0.2, 0.25) is 0 Å². The van der Waals surface area contributed by atoms with Crippen molar-refractivity contribution in [3.8, 4) is 0 Å². The minimum absolute atomic E-state index is 0.291. The Balaban J connectivity index is 1.24. The van der Waals surface area contributed by atoms with Crippen LogP contribution in [0.25, 0.3) is 0 Å². The first kappa shape index (κ1) is 18.0. The molecule has 0 aromatic heterocycles. The standard InChI is InChI=1S/C22H33N3O/c26-22-11-10-20-8-4-5-9-21(20)25(22)17-16-23-12-14-24(15-13-23)18-19-6-2-1-3-7-19/h4-5,8-9,19H,1-3,6-7,10-18H2. The quantitative estimate of drug-likeness (QED) is 0.812. The molecule has 1 aromatic rings. The summed E-state index contributed by atoms with van der Waals surface area (Å²) >= 11 is 0. The maximum absolute atomic E-state index is 12.4. The molecule has 2 aliphatic heterocycles. The molecule has 1 saturated heterocycles. The summed E-state index contributed by atoms with van der Waals surface area (Å²) in [4.78, 5) is 19.6. The molecule has 1 aromatic carbocycles. The van der Waals surface area contributed by atoms with Crippen molar-refractivity contribution in [2.75, 3.05) is 50.7 Å². The van der Waals surface area contributed by atoms with E-state index >= 15 is 0 Å². The van der Waals surface area contributed by atoms with Crippen LogP contribution in [-0.4, -0.2) is 61.5 Å². The number of para-hydroxylation sites is 1. The molecule has 1 saturated carbocycles. The first-order chi connectivity index (χ1) is 12.8. The highest BCUT2D eigenvalue weighted by Gasteiger charge is 2.25. The van der Waals surface area contributed by atoms with Gasteiger partial charge in [-0.05, 0) is 36.8 Å². The highest BCUT2D eigenvalue weighted by Crippen LogP contribution is 2.27. The third-order valence-corrected chi connectivity index (χ3v) is 6.54. The summed E-state index contributed by atoms with van der Waals surface area (Å²) in [6, 6.07) is 8.40. The summed E-state index contributed by atoms with van der Waals surface area (Å²) in [5.41, 5.74) is 2.46. The SMILES string of the molecule is O=C1CCc2ccccc2N1CCN1CCN(CC2CCCCC2)CC1. The highest BCUT2D eigenvalue weighted by atomic mass is 16.2. The zero-order chi connectivity index (χ0) is 17.8. The molecule has 2 fully saturated rings. The zero-order valence-corrected chi connectivity index (χ0v) is 16.0. The van der Waals surface area contributed by atoms with E-state index in [4.69, 9.17) is 0 Å². The highest BCUT2D eigenvalue weighted by molar-refractivity contribution is 5.96. The van der Waals surface area contributed by atoms with Gasteiger partial charge < -0.3 is 9.80 Å². The number of aryl methyl sites for hydroxylation is 1. The molecule has 142 valence electrons. The number of hydrogen-bond acceptors (Lipinski definition) is 3. The molecule has 0 radical (unpaired) electrons. The van der Waals surface area contributed by atoms with Crippen molar-refractivity contribution in [3.63, 3.8) is 0 Å². The summed E-state index contributed by atoms with van der Waals surface area (Å²) in [6.07, 6.45) is 8.76. The molecule has 26 heavy (non-hydrogen) atoms. The van der Waals surface area contributed by atoms with Crippen LogP contribution in [0, 0.1) is 5.92 Å². The van der Waals surface area contributed by atoms with Crippen molar-refractivity contribution < 1.29 is 4.79 Å². The maximum atomic E-state index is 12.4. The van der Waals surface area contributed by atoms with Crippen molar-refractivity contribution in [1.82, 2.24) is 9.80 Å². The maximum Gasteiger partial charge on any atom is 0.227 e. The molecule has 1 aliphatic carbocycles. The van der Waals surface area contributed by atoms with Gasteiger partial charge in [-0.2, -0.15) is 0 Å². The predicted octanol–water partition coefficient (Wildman–Crippen LogP) is 3.16. The zero-order valence-electron chi connectivity index (χ0n) is 16.0. The van der Waals surface area contributed by atoms with Crippen LogP contribution in [0.15, 0.2) is 24.3 Å². The van der Waals surface area contributed by atoms with Gasteiger partial charge in [-0.1, -0.05) is 37.5 Å². The fourth-order valence-electron chi connectivity index (χ4n) is 4.91. The summed E-state index contributed by atoms with van der Waals surface area (Å²) < 4.78 is 0. The second-order valence-corrected chi connectivity index (χ2v) is 8.32. The topological polar surface area (TPSA) is 26.8 Å². The number of anilines is 1. The summed E-state index contributed by atoms with van der Waals surface area (Å²) in [7, 11) is 0. The van der Waals surface area contributed by atoms with Crippen LogP contribution in [0.4, 0.5) is 5.69 Å². The fourth-order valence-corrected chi connectivity index (χ4v) is 4.91. The lowest BCUT2D eigenvalue weighted by Gasteiger charge is -2.38. The fraction of sp³-hybridized carbons (Fsp3) is 0.682. The van der Waals surface area contributed by atoms with Crippen molar-refractivity contribution in [3.05, 3.63) is 29.8 Å². The Morgan fingerprint density at radius 3 is 2.38 bits per heavy atom. The van der Waals surface area contributed by atoms with E-state index in [2.05, 4.69) is 34.1 Å². The monoisotopic (exact) mass is 355 g/mol. The number of hydrogen-bond donors (Lipinski definition) is 0. The van der Waals surface area contributed by atoms with E-state index in [1.807, 2.05) is 4.90 Å². The van der Waals surface area contributed by atoms with Crippen molar-refractivity contribution >= 4 is 11.6 Å². The molecule has 1 amide bonds. The van der Waals surface area contributed by atoms with Gasteiger partial charge in [0.2, 0.25) is 5.91 Å². The molecule has 0 unspecified atom stereocenters. The van der Waals surface area contributed by atoms with E-state index in [0.717, 1.165) is 44.2 Å². The number of amides is 1. The van der Waals surface area contributed by atoms with Gasteiger partial charge in [0, 0.05) is 57.9 Å². The molecule has 0 spiro atoms. The van der Waals surface area contributed by atoms with Gasteiger partial charge in [-0.15, -0.1) is 0 Å².